The molecule has 1 N–H and O–H groups in total. The second-order valence-corrected chi connectivity index (χ2v) is 32.5. The molecule has 0 unspecified atom stereocenters. The zero-order valence-corrected chi connectivity index (χ0v) is 49.1. The van der Waals surface area contributed by atoms with Gasteiger partial charge in [-0.1, -0.05) is 93.0 Å². The van der Waals surface area contributed by atoms with E-state index in [9.17, 15) is 19.2 Å². The van der Waals surface area contributed by atoms with E-state index in [4.69, 9.17) is 42.0 Å². The van der Waals surface area contributed by atoms with E-state index in [-0.39, 0.29) is 60.9 Å². The van der Waals surface area contributed by atoms with Crippen molar-refractivity contribution in [2.24, 2.45) is 22.7 Å². The molecule has 1 spiro atoms. The Morgan fingerprint density at radius 3 is 1.97 bits per heavy atom. The third-order valence-electron chi connectivity index (χ3n) is 17.2. The number of carbonyl (C=O) groups is 6. The maximum atomic E-state index is 16.1. The number of fused-ring (bicyclic) bond motifs is 4. The molecule has 1 aromatic carbocycles. The first-order valence-corrected chi connectivity index (χ1v) is 31.6. The zero-order chi connectivity index (χ0) is 54.4. The maximum Gasteiger partial charge on any atom is 1.00 e. The summed E-state index contributed by atoms with van der Waals surface area (Å²) in [6, 6.07) is 11.0. The summed E-state index contributed by atoms with van der Waals surface area (Å²) in [5.74, 6) is -4.96. The summed E-state index contributed by atoms with van der Waals surface area (Å²) in [5, 5.41) is 18.9. The molecule has 2 saturated heterocycles. The molecule has 20 heteroatoms. The number of hydrogen-bond acceptors (Lipinski definition) is 16. The van der Waals surface area contributed by atoms with Gasteiger partial charge in [-0.15, -0.1) is 0 Å². The normalized spacial score (nSPS) is 31.0. The summed E-state index contributed by atoms with van der Waals surface area (Å²) in [5.41, 5.74) is -8.40. The molecule has 74 heavy (non-hydrogen) atoms. The number of rotatable bonds is 19. The van der Waals surface area contributed by atoms with Crippen LogP contribution >= 0.6 is 0 Å². The van der Waals surface area contributed by atoms with Crippen molar-refractivity contribution >= 4 is 52.6 Å². The average Bonchev–Trinajstić information content (AvgIpc) is 3.69. The number of esters is 3. The SMILES string of the molecule is CC[Si](CC)(CC)O[C@H]1C[C@H]2OC[C@@]2(OC(C)=O)[C@H]2[C@H](OC(=O)c3ccccc3)[C@]34OC(=O)O[C@H]3[C@H](OC(=O)[C@H](O[Si](CC)(CC)CC)[C@H](CC(C)C)NC(=O)OC(C)(C)C)C(C)=C([C@@H]([O-])C(=O)[C@]12C)C4(C)C.[Li+]. The van der Waals surface area contributed by atoms with Crippen LogP contribution in [0.4, 0.5) is 9.59 Å². The zero-order valence-electron chi connectivity index (χ0n) is 47.1. The van der Waals surface area contributed by atoms with Gasteiger partial charge in [-0.05, 0) is 107 Å². The average molecular weight is 1060 g/mol. The van der Waals surface area contributed by atoms with E-state index >= 15 is 14.7 Å². The number of benzene rings is 1. The first-order chi connectivity index (χ1) is 34.1. The Morgan fingerprint density at radius 1 is 0.892 bits per heavy atom. The minimum atomic E-state index is -2.74. The molecular formula is C54H82LiNO16Si2. The van der Waals surface area contributed by atoms with Crippen molar-refractivity contribution in [1.82, 2.24) is 5.32 Å². The molecule has 0 aromatic heterocycles. The van der Waals surface area contributed by atoms with Crippen LogP contribution in [0.1, 0.15) is 134 Å². The van der Waals surface area contributed by atoms with E-state index in [0.29, 0.717) is 36.3 Å². The Labute approximate surface area is 452 Å². The Hall–Kier alpha value is -3.55. The second kappa shape index (κ2) is 22.8. The molecule has 12 atom stereocenters. The molecule has 5 aliphatic rings. The molecular weight excluding hydrogens is 982 g/mol. The fraction of sp³-hybridized carbons (Fsp3) is 0.741. The first-order valence-electron chi connectivity index (χ1n) is 26.5. The van der Waals surface area contributed by atoms with E-state index in [0.717, 1.165) is 0 Å². The monoisotopic (exact) mass is 1060 g/mol. The number of amides is 1. The smallest absolute Gasteiger partial charge is 0.843 e. The third kappa shape index (κ3) is 10.7. The molecule has 4 fully saturated rings. The van der Waals surface area contributed by atoms with Crippen LogP contribution in [-0.4, -0.2) is 125 Å². The van der Waals surface area contributed by atoms with Crippen molar-refractivity contribution in [2.45, 2.75) is 225 Å². The van der Waals surface area contributed by atoms with Crippen LogP contribution in [0.25, 0.3) is 0 Å². The van der Waals surface area contributed by atoms with Crippen molar-refractivity contribution in [2.75, 3.05) is 6.61 Å². The number of hydrogen-bond donors (Lipinski definition) is 1. The molecule has 2 bridgehead atoms. The largest absolute Gasteiger partial charge is 1.00 e. The number of ketones is 1. The summed E-state index contributed by atoms with van der Waals surface area (Å²) in [6.07, 6.45) is -12.4. The molecule has 6 rings (SSSR count). The summed E-state index contributed by atoms with van der Waals surface area (Å²) >= 11 is 0. The van der Waals surface area contributed by atoms with Crippen LogP contribution in [0.5, 0.6) is 0 Å². The number of nitrogens with one attached hydrogen (secondary N) is 1. The second-order valence-electron chi connectivity index (χ2n) is 23.1. The van der Waals surface area contributed by atoms with Crippen LogP contribution in [0.2, 0.25) is 36.3 Å². The van der Waals surface area contributed by atoms with Gasteiger partial charge in [-0.2, -0.15) is 0 Å². The van der Waals surface area contributed by atoms with Crippen LogP contribution in [0.15, 0.2) is 41.5 Å². The van der Waals surface area contributed by atoms with Crippen molar-refractivity contribution in [3.63, 3.8) is 0 Å². The molecule has 408 valence electrons. The van der Waals surface area contributed by atoms with E-state index in [1.54, 1.807) is 78.8 Å². The van der Waals surface area contributed by atoms with Crippen molar-refractivity contribution in [1.29, 1.82) is 0 Å². The molecule has 17 nitrogen and oxygen atoms in total. The van der Waals surface area contributed by atoms with E-state index < -0.39 is 135 Å². The number of alkyl carbamates (subject to hydrolysis) is 1. The number of ether oxygens (including phenoxy) is 7. The van der Waals surface area contributed by atoms with Gasteiger partial charge in [0.25, 0.3) is 0 Å². The third-order valence-corrected chi connectivity index (χ3v) is 26.5. The molecule has 0 radical (unpaired) electrons. The molecule has 3 aliphatic carbocycles. The summed E-state index contributed by atoms with van der Waals surface area (Å²) in [7, 11) is -5.40. The predicted octanol–water partition coefficient (Wildman–Crippen LogP) is 5.52. The van der Waals surface area contributed by atoms with Gasteiger partial charge in [0.2, 0.25) is 5.60 Å². The van der Waals surface area contributed by atoms with Gasteiger partial charge in [0.1, 0.15) is 17.5 Å². The van der Waals surface area contributed by atoms with Crippen LogP contribution < -0.4 is 29.3 Å². The standard InChI is InChI=1S/C54H82NO16Si2.Li/c1-17-72(18-2,19-3)70-36-29-37-53(30-63-37,67-33(10)56)42-45(65-46(59)34-26-24-23-25-27-34)54-44(66-49(62)69-54)40(32(9)38(51(54,14)15)39(57)43(58)52(36,42)16)64-47(60)41(71-73(20-4,21-5)22-6)35(28-31(7)8)55-48(61)68-50(11,12)13;/h23-27,31,35-37,39-42,44-45H,17-22,28-30H2,1-16H3,(H,55,61);/q-1;+1/t35-,36-,37+,39+,40+,41+,42-,44-,45-,52+,53-,54+;/m0./s1. The van der Waals surface area contributed by atoms with Gasteiger partial charge in [-0.25, -0.2) is 19.2 Å². The quantitative estimate of drug-likeness (QED) is 0.0781. The van der Waals surface area contributed by atoms with E-state index in [2.05, 4.69) is 5.32 Å². The Morgan fingerprint density at radius 2 is 1.47 bits per heavy atom. The molecule has 1 amide bonds. The Bertz CT molecular complexity index is 2260. The predicted molar refractivity (Wildman–Crippen MR) is 272 cm³/mol. The minimum Gasteiger partial charge on any atom is -0.843 e. The summed E-state index contributed by atoms with van der Waals surface area (Å²) in [4.78, 5) is 88.2. The molecule has 2 heterocycles. The topological polar surface area (TPSA) is 221 Å². The fourth-order valence-corrected chi connectivity index (χ4v) is 18.7. The maximum absolute atomic E-state index is 16.1. The van der Waals surface area contributed by atoms with Gasteiger partial charge in [-0.3, -0.25) is 9.59 Å². The molecule has 2 saturated carbocycles. The first kappa shape index (κ1) is 61.3. The molecule has 2 aliphatic heterocycles. The van der Waals surface area contributed by atoms with Gasteiger partial charge in [0, 0.05) is 18.8 Å². The van der Waals surface area contributed by atoms with Crippen LogP contribution in [0, 0.1) is 22.7 Å². The Balaban J connectivity index is 0.0000101. The van der Waals surface area contributed by atoms with E-state index in [1.807, 2.05) is 55.4 Å². The van der Waals surface area contributed by atoms with Gasteiger partial charge in [0.15, 0.2) is 46.7 Å². The van der Waals surface area contributed by atoms with Crippen molar-refractivity contribution in [3.05, 3.63) is 47.0 Å². The van der Waals surface area contributed by atoms with Gasteiger partial charge < -0.3 is 52.4 Å². The van der Waals surface area contributed by atoms with Gasteiger partial charge in [0.05, 0.1) is 35.6 Å². The van der Waals surface area contributed by atoms with E-state index in [1.165, 1.54) is 6.92 Å². The minimum absolute atomic E-state index is 0. The van der Waals surface area contributed by atoms with Gasteiger partial charge >= 0.3 is 49.0 Å². The number of Topliss-reactive ketones (excluding diaryl/α,β-unsaturated/α-hetero) is 1. The fourth-order valence-electron chi connectivity index (χ4n) is 12.9. The summed E-state index contributed by atoms with van der Waals surface area (Å²) < 4.78 is 59.1. The van der Waals surface area contributed by atoms with Crippen LogP contribution in [0.3, 0.4) is 0 Å². The molecule has 1 aromatic rings. The Kier molecular flexibility index (Phi) is 18.9. The summed E-state index contributed by atoms with van der Waals surface area (Å²) in [6.45, 7) is 28.5. The van der Waals surface area contributed by atoms with Crippen molar-refractivity contribution < 1.29 is 94.7 Å². The number of carbonyl (C=O) groups excluding carboxylic acids is 6. The van der Waals surface area contributed by atoms with Crippen molar-refractivity contribution in [3.8, 4) is 0 Å². The van der Waals surface area contributed by atoms with Crippen LogP contribution in [-0.2, 0) is 56.4 Å².